The van der Waals surface area contributed by atoms with Crippen molar-refractivity contribution in [2.75, 3.05) is 7.05 Å². The molecule has 2 N–H and O–H groups in total. The minimum Gasteiger partial charge on any atom is -0.506 e. The minimum atomic E-state index is 0.0590. The van der Waals surface area contributed by atoms with Crippen LogP contribution in [0, 0.1) is 0 Å². The maximum atomic E-state index is 10.1. The molecule has 1 aliphatic carbocycles. The van der Waals surface area contributed by atoms with Crippen LogP contribution in [0.4, 0.5) is 0 Å². The topological polar surface area (TPSA) is 32.3 Å². The van der Waals surface area contributed by atoms with Gasteiger partial charge in [0, 0.05) is 4.47 Å². The number of benzene rings is 2. The maximum absolute atomic E-state index is 10.1. The Labute approximate surface area is 144 Å². The van der Waals surface area contributed by atoms with E-state index >= 15 is 0 Å². The molecule has 0 saturated heterocycles. The molecule has 0 bridgehead atoms. The van der Waals surface area contributed by atoms with Gasteiger partial charge in [0.1, 0.15) is 5.75 Å². The first-order valence-electron chi connectivity index (χ1n) is 7.57. The summed E-state index contributed by atoms with van der Waals surface area (Å²) in [5, 5.41) is 13.9. The van der Waals surface area contributed by atoms with E-state index in [1.54, 1.807) is 0 Å². The van der Waals surface area contributed by atoms with Crippen molar-refractivity contribution in [2.24, 2.45) is 0 Å². The Hall–Kier alpha value is -1.03. The largest absolute Gasteiger partial charge is 0.506 e. The van der Waals surface area contributed by atoms with Crippen molar-refractivity contribution in [2.45, 2.75) is 31.7 Å². The third-order valence-corrected chi connectivity index (χ3v) is 5.44. The second-order valence-corrected chi connectivity index (χ2v) is 7.00. The summed E-state index contributed by atoms with van der Waals surface area (Å²) in [6.45, 7) is 0. The number of nitrogens with one attached hydrogen (secondary N) is 1. The van der Waals surface area contributed by atoms with Crippen molar-refractivity contribution in [3.63, 3.8) is 0 Å². The van der Waals surface area contributed by atoms with Gasteiger partial charge in [0.15, 0.2) is 0 Å². The van der Waals surface area contributed by atoms with Crippen LogP contribution in [0.2, 0.25) is 5.02 Å². The number of phenolic OH excluding ortho intramolecular Hbond substituents is 1. The lowest BCUT2D eigenvalue weighted by Crippen LogP contribution is -2.20. The standard InChI is InChI=1S/C18H19BrClNO/c1-21-18-13-7-4-8-15(19)12(13)6-3-2-5-11-9-16(20)17(22)10-14(11)18/h4,7-10,18,21-22H,2-3,5-6H2,1H3. The molecule has 0 radical (unpaired) electrons. The second-order valence-electron chi connectivity index (χ2n) is 5.74. The van der Waals surface area contributed by atoms with Gasteiger partial charge in [0.05, 0.1) is 11.1 Å². The summed E-state index contributed by atoms with van der Waals surface area (Å²) in [6.07, 6.45) is 4.30. The number of halogens is 2. The van der Waals surface area contributed by atoms with E-state index in [-0.39, 0.29) is 11.8 Å². The molecule has 0 amide bonds. The van der Waals surface area contributed by atoms with Gasteiger partial charge in [-0.15, -0.1) is 0 Å². The first kappa shape index (κ1) is 15.9. The van der Waals surface area contributed by atoms with Gasteiger partial charge in [0.25, 0.3) is 0 Å². The van der Waals surface area contributed by atoms with E-state index in [2.05, 4.69) is 39.4 Å². The first-order valence-corrected chi connectivity index (χ1v) is 8.74. The summed E-state index contributed by atoms with van der Waals surface area (Å²) in [7, 11) is 1.96. The number of hydrogen-bond donors (Lipinski definition) is 2. The number of fused-ring (bicyclic) bond motifs is 2. The quantitative estimate of drug-likeness (QED) is 0.730. The van der Waals surface area contributed by atoms with Gasteiger partial charge in [-0.1, -0.05) is 39.7 Å². The smallest absolute Gasteiger partial charge is 0.134 e. The van der Waals surface area contributed by atoms with Crippen molar-refractivity contribution >= 4 is 27.5 Å². The van der Waals surface area contributed by atoms with Crippen molar-refractivity contribution in [1.29, 1.82) is 0 Å². The van der Waals surface area contributed by atoms with E-state index in [1.807, 2.05) is 19.2 Å². The van der Waals surface area contributed by atoms with Gasteiger partial charge < -0.3 is 10.4 Å². The molecule has 4 heteroatoms. The molecule has 0 aromatic heterocycles. The number of aryl methyl sites for hydroxylation is 1. The average Bonchev–Trinajstić information content (AvgIpc) is 2.56. The molecular weight excluding hydrogens is 362 g/mol. The molecule has 0 fully saturated rings. The molecule has 1 unspecified atom stereocenters. The Morgan fingerprint density at radius 3 is 2.73 bits per heavy atom. The van der Waals surface area contributed by atoms with Crippen molar-refractivity contribution in [3.8, 4) is 5.75 Å². The summed E-state index contributed by atoms with van der Waals surface area (Å²) in [6, 6.07) is 10.1. The molecule has 3 rings (SSSR count). The van der Waals surface area contributed by atoms with Crippen LogP contribution in [-0.4, -0.2) is 12.2 Å². The van der Waals surface area contributed by atoms with Crippen molar-refractivity contribution in [1.82, 2.24) is 5.32 Å². The fourth-order valence-corrected chi connectivity index (χ4v) is 4.08. The zero-order valence-electron chi connectivity index (χ0n) is 12.5. The molecule has 1 atom stereocenters. The lowest BCUT2D eigenvalue weighted by atomic mass is 9.90. The van der Waals surface area contributed by atoms with Crippen LogP contribution in [0.5, 0.6) is 5.75 Å². The second kappa shape index (κ2) is 6.61. The van der Waals surface area contributed by atoms with Crippen molar-refractivity contribution in [3.05, 3.63) is 62.1 Å². The van der Waals surface area contributed by atoms with Gasteiger partial charge in [-0.3, -0.25) is 0 Å². The zero-order chi connectivity index (χ0) is 15.7. The van der Waals surface area contributed by atoms with Crippen LogP contribution in [0.3, 0.4) is 0 Å². The number of aromatic hydroxyl groups is 1. The third kappa shape index (κ3) is 2.90. The molecule has 1 aliphatic rings. The lowest BCUT2D eigenvalue weighted by Gasteiger charge is -2.23. The third-order valence-electron chi connectivity index (χ3n) is 4.40. The highest BCUT2D eigenvalue weighted by Gasteiger charge is 2.22. The highest BCUT2D eigenvalue weighted by molar-refractivity contribution is 9.10. The summed E-state index contributed by atoms with van der Waals surface area (Å²) < 4.78 is 1.16. The van der Waals surface area contributed by atoms with Crippen molar-refractivity contribution < 1.29 is 5.11 Å². The van der Waals surface area contributed by atoms with Gasteiger partial charge in [-0.05, 0) is 73.2 Å². The molecule has 0 heterocycles. The normalized spacial score (nSPS) is 17.9. The van der Waals surface area contributed by atoms with Gasteiger partial charge >= 0.3 is 0 Å². The number of phenols is 1. The van der Waals surface area contributed by atoms with E-state index in [4.69, 9.17) is 11.6 Å². The number of rotatable bonds is 1. The van der Waals surface area contributed by atoms with E-state index in [0.29, 0.717) is 5.02 Å². The molecule has 2 aromatic rings. The fourth-order valence-electron chi connectivity index (χ4n) is 3.31. The highest BCUT2D eigenvalue weighted by Crippen LogP contribution is 2.37. The first-order chi connectivity index (χ1) is 10.6. The predicted molar refractivity (Wildman–Crippen MR) is 94.8 cm³/mol. The van der Waals surface area contributed by atoms with E-state index in [9.17, 15) is 5.11 Å². The van der Waals surface area contributed by atoms with Crippen LogP contribution in [0.25, 0.3) is 0 Å². The molecule has 2 aromatic carbocycles. The van der Waals surface area contributed by atoms with Crippen LogP contribution in [0.15, 0.2) is 34.8 Å². The summed E-state index contributed by atoms with van der Waals surface area (Å²) in [4.78, 5) is 0. The van der Waals surface area contributed by atoms with Gasteiger partial charge in [-0.25, -0.2) is 0 Å². The molecule has 116 valence electrons. The molecule has 2 nitrogen and oxygen atoms in total. The lowest BCUT2D eigenvalue weighted by molar-refractivity contribution is 0.473. The molecule has 22 heavy (non-hydrogen) atoms. The predicted octanol–water partition coefficient (Wildman–Crippen LogP) is 5.00. The Balaban J connectivity index is 2.22. The zero-order valence-corrected chi connectivity index (χ0v) is 14.8. The monoisotopic (exact) mass is 379 g/mol. The van der Waals surface area contributed by atoms with E-state index in [1.165, 1.54) is 16.7 Å². The Morgan fingerprint density at radius 1 is 1.18 bits per heavy atom. The molecular formula is C18H19BrClNO. The van der Waals surface area contributed by atoms with Crippen LogP contribution in [0.1, 0.15) is 41.1 Å². The minimum absolute atomic E-state index is 0.0590. The maximum Gasteiger partial charge on any atom is 0.134 e. The Kier molecular flexibility index (Phi) is 4.76. The van der Waals surface area contributed by atoms with Gasteiger partial charge in [0.2, 0.25) is 0 Å². The molecule has 0 spiro atoms. The van der Waals surface area contributed by atoms with Crippen LogP contribution >= 0.6 is 27.5 Å². The SMILES string of the molecule is CNC1c2cc(O)c(Cl)cc2CCCCc2c(Br)cccc21. The fraction of sp³-hybridized carbons (Fsp3) is 0.333. The average molecular weight is 381 g/mol. The summed E-state index contributed by atoms with van der Waals surface area (Å²) in [5.74, 6) is 0.150. The molecule has 0 aliphatic heterocycles. The van der Waals surface area contributed by atoms with Gasteiger partial charge in [-0.2, -0.15) is 0 Å². The highest BCUT2D eigenvalue weighted by atomic mass is 79.9. The van der Waals surface area contributed by atoms with E-state index < -0.39 is 0 Å². The summed E-state index contributed by atoms with van der Waals surface area (Å²) in [5.41, 5.74) is 4.95. The van der Waals surface area contributed by atoms with Crippen LogP contribution < -0.4 is 5.32 Å². The van der Waals surface area contributed by atoms with Crippen LogP contribution in [-0.2, 0) is 12.8 Å². The number of hydrogen-bond acceptors (Lipinski definition) is 2. The summed E-state index contributed by atoms with van der Waals surface area (Å²) >= 11 is 9.81. The van der Waals surface area contributed by atoms with E-state index in [0.717, 1.165) is 35.7 Å². The Morgan fingerprint density at radius 2 is 1.95 bits per heavy atom. The molecule has 0 saturated carbocycles. The Bertz CT molecular complexity index is 702.